The summed E-state index contributed by atoms with van der Waals surface area (Å²) in [6.07, 6.45) is 3.64. The van der Waals surface area contributed by atoms with E-state index in [1.807, 2.05) is 0 Å². The Morgan fingerprint density at radius 1 is 1.55 bits per heavy atom. The second kappa shape index (κ2) is 4.94. The van der Waals surface area contributed by atoms with Crippen molar-refractivity contribution in [3.63, 3.8) is 0 Å². The van der Waals surface area contributed by atoms with Crippen LogP contribution in [0.15, 0.2) is 0 Å². The summed E-state index contributed by atoms with van der Waals surface area (Å²) < 4.78 is 14.6. The van der Waals surface area contributed by atoms with Crippen LogP contribution >= 0.6 is 22.6 Å². The van der Waals surface area contributed by atoms with Gasteiger partial charge in [0.1, 0.15) is 0 Å². The topological polar surface area (TPSA) is 74.5 Å². The van der Waals surface area contributed by atoms with Gasteiger partial charge < -0.3 is 0 Å². The van der Waals surface area contributed by atoms with Crippen molar-refractivity contribution < 1.29 is 40.5 Å². The Bertz CT molecular complexity index is 469. The summed E-state index contributed by atoms with van der Waals surface area (Å²) in [5.41, 5.74) is 0.0674. The molecule has 0 radical (unpaired) electrons. The summed E-state index contributed by atoms with van der Waals surface area (Å²) in [6.45, 7) is 0.582. The van der Waals surface area contributed by atoms with Crippen LogP contribution in [0.3, 0.4) is 0 Å². The molecule has 5 nitrogen and oxygen atoms in total. The number of carbonyl (C=O) groups excluding carboxylic acids is 2. The second-order valence-corrected chi connectivity index (χ2v) is 10.3. The van der Waals surface area contributed by atoms with E-state index in [2.05, 4.69) is 26.1 Å². The van der Waals surface area contributed by atoms with Gasteiger partial charge in [-0.15, -0.1) is 0 Å². The molecular formula is C13H16I2NO4-. The van der Waals surface area contributed by atoms with E-state index < -0.39 is 0 Å². The molecule has 2 aliphatic carbocycles. The number of ether oxygens (including phenoxy) is 2. The van der Waals surface area contributed by atoms with E-state index in [1.165, 1.54) is 0 Å². The van der Waals surface area contributed by atoms with Gasteiger partial charge in [0.25, 0.3) is 0 Å². The monoisotopic (exact) mass is 504 g/mol. The number of halogens is 2. The SMILES string of the molecule is O=C1CC2(CO1)CC1CC2CC1OC(=O)C(I)C1N[I-]1. The molecule has 2 aliphatic heterocycles. The molecule has 112 valence electrons. The molecule has 0 aromatic rings. The minimum absolute atomic E-state index is 0.0233. The molecule has 2 heterocycles. The number of nitrogens with one attached hydrogen (secondary N) is 1. The molecule has 7 heteroatoms. The Morgan fingerprint density at radius 3 is 2.90 bits per heavy atom. The van der Waals surface area contributed by atoms with E-state index >= 15 is 0 Å². The molecule has 2 saturated heterocycles. The normalized spacial score (nSPS) is 47.0. The van der Waals surface area contributed by atoms with Gasteiger partial charge in [-0.05, 0) is 0 Å². The van der Waals surface area contributed by atoms with Crippen LogP contribution in [-0.2, 0) is 19.1 Å². The zero-order chi connectivity index (χ0) is 13.9. The first kappa shape index (κ1) is 14.0. The van der Waals surface area contributed by atoms with Gasteiger partial charge in [-0.3, -0.25) is 0 Å². The molecule has 0 aromatic heterocycles. The quantitative estimate of drug-likeness (QED) is 0.120. The van der Waals surface area contributed by atoms with Crippen LogP contribution in [0.1, 0.15) is 25.7 Å². The van der Waals surface area contributed by atoms with Crippen molar-refractivity contribution >= 4 is 34.5 Å². The summed E-state index contributed by atoms with van der Waals surface area (Å²) in [5.74, 6) is 0.826. The Kier molecular flexibility index (Phi) is 3.45. The number of rotatable bonds is 3. The Labute approximate surface area is 141 Å². The Morgan fingerprint density at radius 2 is 2.35 bits per heavy atom. The minimum atomic E-state index is -0.0536. The summed E-state index contributed by atoms with van der Waals surface area (Å²) >= 11 is 2.24. The summed E-state index contributed by atoms with van der Waals surface area (Å²) in [7, 11) is 0. The summed E-state index contributed by atoms with van der Waals surface area (Å²) in [5, 5.41) is 0. The van der Waals surface area contributed by atoms with Crippen LogP contribution < -0.4 is 25.0 Å². The van der Waals surface area contributed by atoms with Crippen LogP contribution in [0.4, 0.5) is 0 Å². The first-order chi connectivity index (χ1) is 9.57. The van der Waals surface area contributed by atoms with Crippen molar-refractivity contribution in [2.24, 2.45) is 17.3 Å². The first-order valence-electron chi connectivity index (χ1n) is 6.95. The van der Waals surface area contributed by atoms with Gasteiger partial charge in [0.2, 0.25) is 0 Å². The molecule has 20 heavy (non-hydrogen) atoms. The van der Waals surface area contributed by atoms with E-state index in [0.29, 0.717) is 28.9 Å². The van der Waals surface area contributed by atoms with E-state index in [9.17, 15) is 9.59 Å². The number of cyclic esters (lactones) is 1. The first-order valence-corrected chi connectivity index (χ1v) is 10.5. The molecule has 4 aliphatic rings. The number of alkyl halides is 2. The zero-order valence-electron chi connectivity index (χ0n) is 10.8. The van der Waals surface area contributed by atoms with Crippen LogP contribution in [0, 0.1) is 17.3 Å². The Balaban J connectivity index is 1.38. The average Bonchev–Trinajstić information content (AvgIpc) is 2.99. The average molecular weight is 504 g/mol. The fraction of sp³-hybridized carbons (Fsp3) is 0.846. The van der Waals surface area contributed by atoms with Crippen molar-refractivity contribution in [3.8, 4) is 0 Å². The standard InChI is InChI=1S/C13H16I2NO4/c14-10(11-15-16-11)12(18)20-8-2-7-1-6(8)3-13(7)4-9(17)19-5-13/h6-8,10-11,16H,1-5H2/q-1. The molecule has 0 amide bonds. The van der Waals surface area contributed by atoms with Gasteiger partial charge in [0.05, 0.1) is 0 Å². The third-order valence-corrected chi connectivity index (χ3v) is 9.83. The zero-order valence-corrected chi connectivity index (χ0v) is 15.1. The molecule has 0 aromatic carbocycles. The molecule has 1 N–H and O–H groups in total. The van der Waals surface area contributed by atoms with Gasteiger partial charge in [0.15, 0.2) is 0 Å². The van der Waals surface area contributed by atoms with Crippen LogP contribution in [0.5, 0.6) is 0 Å². The van der Waals surface area contributed by atoms with Gasteiger partial charge in [-0.1, -0.05) is 0 Å². The molecule has 1 spiro atoms. The van der Waals surface area contributed by atoms with Crippen LogP contribution in [0.25, 0.3) is 0 Å². The second-order valence-electron chi connectivity index (χ2n) is 6.33. The maximum atomic E-state index is 12.1. The number of esters is 2. The molecule has 2 bridgehead atoms. The maximum absolute atomic E-state index is 12.1. The van der Waals surface area contributed by atoms with Gasteiger partial charge in [-0.2, -0.15) is 0 Å². The summed E-state index contributed by atoms with van der Waals surface area (Å²) in [6, 6.07) is 0. The van der Waals surface area contributed by atoms with E-state index in [-0.39, 0.29) is 48.9 Å². The number of hydrogen-bond donors (Lipinski definition) is 1. The van der Waals surface area contributed by atoms with Crippen molar-refractivity contribution in [1.82, 2.24) is 3.53 Å². The van der Waals surface area contributed by atoms with Crippen LogP contribution in [-0.4, -0.2) is 32.6 Å². The molecule has 4 rings (SSSR count). The van der Waals surface area contributed by atoms with Gasteiger partial charge in [0, 0.05) is 0 Å². The van der Waals surface area contributed by atoms with E-state index in [0.717, 1.165) is 19.3 Å². The molecular weight excluding hydrogens is 488 g/mol. The molecule has 2 saturated carbocycles. The van der Waals surface area contributed by atoms with Crippen molar-refractivity contribution in [3.05, 3.63) is 0 Å². The Hall–Kier alpha value is 0.360. The van der Waals surface area contributed by atoms with Crippen LogP contribution in [0.2, 0.25) is 0 Å². The summed E-state index contributed by atoms with van der Waals surface area (Å²) in [4.78, 5) is 23.5. The number of fused-ring (bicyclic) bond motifs is 3. The van der Waals surface area contributed by atoms with Gasteiger partial charge >= 0.3 is 142 Å². The van der Waals surface area contributed by atoms with Gasteiger partial charge in [-0.25, -0.2) is 0 Å². The van der Waals surface area contributed by atoms with Crippen molar-refractivity contribution in [1.29, 1.82) is 0 Å². The van der Waals surface area contributed by atoms with E-state index in [4.69, 9.17) is 9.47 Å². The third kappa shape index (κ3) is 2.27. The van der Waals surface area contributed by atoms with Crippen molar-refractivity contribution in [2.45, 2.75) is 39.8 Å². The predicted octanol–water partition coefficient (Wildman–Crippen LogP) is -2.00. The fourth-order valence-corrected chi connectivity index (χ4v) is 7.22. The third-order valence-electron chi connectivity index (χ3n) is 5.17. The molecule has 6 unspecified atom stereocenters. The van der Waals surface area contributed by atoms with Crippen molar-refractivity contribution in [2.75, 3.05) is 6.61 Å². The molecule has 4 fully saturated rings. The van der Waals surface area contributed by atoms with E-state index in [1.54, 1.807) is 0 Å². The predicted molar refractivity (Wildman–Crippen MR) is 73.5 cm³/mol. The fourth-order valence-electron chi connectivity index (χ4n) is 4.12. The molecule has 6 atom stereocenters. The number of carbonyl (C=O) groups is 2. The number of hydrogen-bond acceptors (Lipinski definition) is 5.